The predicted molar refractivity (Wildman–Crippen MR) is 76.4 cm³/mol. The molecular weight excluding hydrogens is 260 g/mol. The molecule has 0 aromatic rings. The van der Waals surface area contributed by atoms with Gasteiger partial charge in [-0.3, -0.25) is 0 Å². The molecule has 1 aliphatic carbocycles. The standard InChI is InChI=1S/C14H26N2O2S/c1-14(2)13-9-15-8-11(13)10-16(14)19(17,18)12-6-4-3-5-7-12/h11-13,15H,3-10H2,1-2H3. The highest BCUT2D eigenvalue weighted by Crippen LogP contribution is 2.44. The van der Waals surface area contributed by atoms with E-state index in [4.69, 9.17) is 0 Å². The molecule has 0 spiro atoms. The number of hydrogen-bond donors (Lipinski definition) is 1. The SMILES string of the molecule is CC1(C)C2CNCC2CN1S(=O)(=O)C1CCCCC1. The average Bonchev–Trinajstić information content (AvgIpc) is 2.93. The fourth-order valence-corrected chi connectivity index (χ4v) is 6.84. The van der Waals surface area contributed by atoms with Crippen LogP contribution < -0.4 is 5.32 Å². The van der Waals surface area contributed by atoms with Gasteiger partial charge >= 0.3 is 0 Å². The Hall–Kier alpha value is -0.130. The largest absolute Gasteiger partial charge is 0.316 e. The van der Waals surface area contributed by atoms with Crippen LogP contribution in [0.25, 0.3) is 0 Å². The van der Waals surface area contributed by atoms with Crippen molar-refractivity contribution < 1.29 is 8.42 Å². The Labute approximate surface area is 117 Å². The monoisotopic (exact) mass is 286 g/mol. The molecule has 3 rings (SSSR count). The van der Waals surface area contributed by atoms with Crippen LogP contribution in [0.4, 0.5) is 0 Å². The van der Waals surface area contributed by atoms with Crippen molar-refractivity contribution in [1.82, 2.24) is 9.62 Å². The highest BCUT2D eigenvalue weighted by atomic mass is 32.2. The van der Waals surface area contributed by atoms with Crippen LogP contribution in [0, 0.1) is 11.8 Å². The fraction of sp³-hybridized carbons (Fsp3) is 1.00. The Bertz CT molecular complexity index is 440. The van der Waals surface area contributed by atoms with Crippen molar-refractivity contribution in [3.05, 3.63) is 0 Å². The molecule has 4 nitrogen and oxygen atoms in total. The zero-order valence-electron chi connectivity index (χ0n) is 12.1. The lowest BCUT2D eigenvalue weighted by Crippen LogP contribution is -2.50. The molecule has 2 atom stereocenters. The van der Waals surface area contributed by atoms with Crippen LogP contribution >= 0.6 is 0 Å². The summed E-state index contributed by atoms with van der Waals surface area (Å²) in [6.45, 7) is 6.90. The van der Waals surface area contributed by atoms with Gasteiger partial charge in [0, 0.05) is 18.6 Å². The minimum absolute atomic E-state index is 0.118. The molecule has 0 aromatic carbocycles. The summed E-state index contributed by atoms with van der Waals surface area (Å²) in [5, 5.41) is 3.29. The van der Waals surface area contributed by atoms with E-state index >= 15 is 0 Å². The number of fused-ring (bicyclic) bond motifs is 1. The molecule has 2 heterocycles. The topological polar surface area (TPSA) is 49.4 Å². The molecule has 3 aliphatic rings. The Morgan fingerprint density at radius 3 is 2.42 bits per heavy atom. The van der Waals surface area contributed by atoms with Crippen molar-refractivity contribution in [3.8, 4) is 0 Å². The van der Waals surface area contributed by atoms with E-state index in [0.29, 0.717) is 11.8 Å². The van der Waals surface area contributed by atoms with Gasteiger partial charge in [0.25, 0.3) is 0 Å². The Morgan fingerprint density at radius 1 is 1.11 bits per heavy atom. The van der Waals surface area contributed by atoms with Crippen LogP contribution in [0.2, 0.25) is 0 Å². The minimum atomic E-state index is -3.11. The summed E-state index contributed by atoms with van der Waals surface area (Å²) < 4.78 is 27.7. The maximum atomic E-state index is 12.9. The van der Waals surface area contributed by atoms with Crippen molar-refractivity contribution in [2.45, 2.75) is 56.7 Å². The van der Waals surface area contributed by atoms with Gasteiger partial charge < -0.3 is 5.32 Å². The third-order valence-corrected chi connectivity index (χ3v) is 8.12. The summed E-state index contributed by atoms with van der Waals surface area (Å²) >= 11 is 0. The van der Waals surface area contributed by atoms with Gasteiger partial charge in [-0.1, -0.05) is 19.3 Å². The molecule has 0 aromatic heterocycles. The smallest absolute Gasteiger partial charge is 0.217 e. The maximum absolute atomic E-state index is 12.9. The van der Waals surface area contributed by atoms with Gasteiger partial charge in [0.15, 0.2) is 0 Å². The maximum Gasteiger partial charge on any atom is 0.217 e. The second-order valence-corrected chi connectivity index (χ2v) is 9.15. The number of sulfonamides is 1. The van der Waals surface area contributed by atoms with Crippen LogP contribution in [-0.4, -0.2) is 43.1 Å². The molecule has 1 N–H and O–H groups in total. The van der Waals surface area contributed by atoms with Gasteiger partial charge in [-0.15, -0.1) is 0 Å². The number of nitrogens with zero attached hydrogens (tertiary/aromatic N) is 1. The molecular formula is C14H26N2O2S. The van der Waals surface area contributed by atoms with Crippen molar-refractivity contribution in [2.24, 2.45) is 11.8 Å². The van der Waals surface area contributed by atoms with Crippen molar-refractivity contribution in [2.75, 3.05) is 19.6 Å². The lowest BCUT2D eigenvalue weighted by atomic mass is 9.85. The van der Waals surface area contributed by atoms with Crippen molar-refractivity contribution in [3.63, 3.8) is 0 Å². The van der Waals surface area contributed by atoms with E-state index in [1.54, 1.807) is 0 Å². The van der Waals surface area contributed by atoms with Gasteiger partial charge in [-0.05, 0) is 45.1 Å². The number of rotatable bonds is 2. The van der Waals surface area contributed by atoms with Gasteiger partial charge in [0.05, 0.1) is 5.25 Å². The van der Waals surface area contributed by atoms with Gasteiger partial charge in [0.1, 0.15) is 0 Å². The van der Waals surface area contributed by atoms with E-state index in [0.717, 1.165) is 45.3 Å². The lowest BCUT2D eigenvalue weighted by Gasteiger charge is -2.37. The molecule has 2 saturated heterocycles. The fourth-order valence-electron chi connectivity index (χ4n) is 4.36. The summed E-state index contributed by atoms with van der Waals surface area (Å²) in [6.07, 6.45) is 5.08. The van der Waals surface area contributed by atoms with E-state index in [2.05, 4.69) is 19.2 Å². The molecule has 0 amide bonds. The summed E-state index contributed by atoms with van der Waals surface area (Å²) in [5.41, 5.74) is -0.218. The molecule has 3 fully saturated rings. The molecule has 0 radical (unpaired) electrons. The van der Waals surface area contributed by atoms with Gasteiger partial charge in [0.2, 0.25) is 10.0 Å². The van der Waals surface area contributed by atoms with E-state index in [-0.39, 0.29) is 10.8 Å². The zero-order valence-corrected chi connectivity index (χ0v) is 12.9. The lowest BCUT2D eigenvalue weighted by molar-refractivity contribution is 0.229. The first-order valence-electron chi connectivity index (χ1n) is 7.66. The summed E-state index contributed by atoms with van der Waals surface area (Å²) in [7, 11) is -3.11. The Morgan fingerprint density at radius 2 is 1.79 bits per heavy atom. The zero-order chi connectivity index (χ0) is 13.7. The molecule has 2 unspecified atom stereocenters. The third-order valence-electron chi connectivity index (χ3n) is 5.57. The molecule has 0 bridgehead atoms. The van der Waals surface area contributed by atoms with Gasteiger partial charge in [-0.25, -0.2) is 8.42 Å². The summed E-state index contributed by atoms with van der Waals surface area (Å²) in [5.74, 6) is 0.985. The van der Waals surface area contributed by atoms with Crippen LogP contribution in [0.1, 0.15) is 46.0 Å². The first-order valence-corrected chi connectivity index (χ1v) is 9.17. The van der Waals surface area contributed by atoms with E-state index in [1.807, 2.05) is 4.31 Å². The normalized spacial score (nSPS) is 36.5. The van der Waals surface area contributed by atoms with Crippen LogP contribution in [0.15, 0.2) is 0 Å². The molecule has 2 aliphatic heterocycles. The Balaban J connectivity index is 1.85. The molecule has 19 heavy (non-hydrogen) atoms. The second kappa shape index (κ2) is 4.71. The quantitative estimate of drug-likeness (QED) is 0.838. The minimum Gasteiger partial charge on any atom is -0.316 e. The van der Waals surface area contributed by atoms with E-state index in [1.165, 1.54) is 6.42 Å². The number of hydrogen-bond acceptors (Lipinski definition) is 3. The highest BCUT2D eigenvalue weighted by molar-refractivity contribution is 7.89. The van der Waals surface area contributed by atoms with E-state index in [9.17, 15) is 8.42 Å². The first kappa shape index (κ1) is 13.8. The summed E-state index contributed by atoms with van der Waals surface area (Å²) in [4.78, 5) is 0. The predicted octanol–water partition coefficient (Wildman–Crippen LogP) is 1.58. The molecule has 5 heteroatoms. The van der Waals surface area contributed by atoms with E-state index < -0.39 is 10.0 Å². The van der Waals surface area contributed by atoms with Gasteiger partial charge in [-0.2, -0.15) is 4.31 Å². The van der Waals surface area contributed by atoms with Crippen LogP contribution in [-0.2, 0) is 10.0 Å². The molecule has 110 valence electrons. The summed E-state index contributed by atoms with van der Waals surface area (Å²) in [6, 6.07) is 0. The van der Waals surface area contributed by atoms with Crippen molar-refractivity contribution >= 4 is 10.0 Å². The average molecular weight is 286 g/mol. The first-order chi connectivity index (χ1) is 8.94. The Kier molecular flexibility index (Phi) is 3.43. The van der Waals surface area contributed by atoms with Crippen molar-refractivity contribution in [1.29, 1.82) is 0 Å². The van der Waals surface area contributed by atoms with Crippen LogP contribution in [0.3, 0.4) is 0 Å². The van der Waals surface area contributed by atoms with Crippen LogP contribution in [0.5, 0.6) is 0 Å². The third kappa shape index (κ3) is 2.14. The highest BCUT2D eigenvalue weighted by Gasteiger charge is 2.54. The molecule has 1 saturated carbocycles. The number of nitrogens with one attached hydrogen (secondary N) is 1. The second-order valence-electron chi connectivity index (χ2n) is 7.01.